The molecular formula is C25H22BrN5O3. The second-order valence-electron chi connectivity index (χ2n) is 8.18. The van der Waals surface area contributed by atoms with E-state index in [0.29, 0.717) is 36.5 Å². The molecule has 8 nitrogen and oxygen atoms in total. The molecule has 0 radical (unpaired) electrons. The first-order valence-electron chi connectivity index (χ1n) is 10.9. The standard InChI is InChI=1S/C25H22BrN5O3/c1-16-21(30-11-3-2-8-19(30)28-16)23(32)20-22(17-6-4-7-18(26)14-17)31(25(34)24(20)33)12-5-10-29-13-9-27-15-29/h2-4,6-9,11,13-15,22,32H,5,10,12H2,1H3. The Labute approximate surface area is 204 Å². The molecule has 1 aliphatic heterocycles. The molecule has 0 spiro atoms. The summed E-state index contributed by atoms with van der Waals surface area (Å²) in [6, 6.07) is 12.2. The first-order chi connectivity index (χ1) is 16.5. The SMILES string of the molecule is Cc1nc2ccccn2c1C(O)=C1C(=O)C(=O)N(CCCn2ccnc2)C1c1cccc(Br)c1. The van der Waals surface area contributed by atoms with Gasteiger partial charge in [0.25, 0.3) is 11.7 Å². The summed E-state index contributed by atoms with van der Waals surface area (Å²) in [6.45, 7) is 2.78. The lowest BCUT2D eigenvalue weighted by Crippen LogP contribution is -2.31. The number of halogens is 1. The number of carbonyl (C=O) groups is 2. The van der Waals surface area contributed by atoms with Gasteiger partial charge in [0.2, 0.25) is 0 Å². The van der Waals surface area contributed by atoms with Gasteiger partial charge in [-0.3, -0.25) is 14.0 Å². The summed E-state index contributed by atoms with van der Waals surface area (Å²) in [5, 5.41) is 11.5. The van der Waals surface area contributed by atoms with Gasteiger partial charge in [-0.1, -0.05) is 34.1 Å². The molecule has 0 bridgehead atoms. The predicted molar refractivity (Wildman–Crippen MR) is 130 cm³/mol. The fraction of sp³-hybridized carbons (Fsp3) is 0.200. The number of amides is 1. The van der Waals surface area contributed by atoms with Crippen LogP contribution in [0.3, 0.4) is 0 Å². The molecule has 9 heteroatoms. The largest absolute Gasteiger partial charge is 0.505 e. The number of hydrogen-bond acceptors (Lipinski definition) is 5. The molecule has 1 atom stereocenters. The molecule has 1 N–H and O–H groups in total. The Kier molecular flexibility index (Phi) is 5.79. The fourth-order valence-corrected chi connectivity index (χ4v) is 4.92. The van der Waals surface area contributed by atoms with Crippen LogP contribution in [0, 0.1) is 6.92 Å². The molecule has 0 aliphatic carbocycles. The van der Waals surface area contributed by atoms with Gasteiger partial charge >= 0.3 is 0 Å². The summed E-state index contributed by atoms with van der Waals surface area (Å²) >= 11 is 3.49. The third-order valence-electron chi connectivity index (χ3n) is 6.01. The Morgan fingerprint density at radius 1 is 1.12 bits per heavy atom. The van der Waals surface area contributed by atoms with Crippen LogP contribution < -0.4 is 0 Å². The number of likely N-dealkylation sites (tertiary alicyclic amines) is 1. The molecule has 0 saturated carbocycles. The number of aromatic nitrogens is 4. The predicted octanol–water partition coefficient (Wildman–Crippen LogP) is 4.11. The number of aliphatic hydroxyl groups is 1. The highest BCUT2D eigenvalue weighted by Crippen LogP contribution is 2.40. The highest BCUT2D eigenvalue weighted by molar-refractivity contribution is 9.10. The Bertz CT molecular complexity index is 1420. The monoisotopic (exact) mass is 519 g/mol. The van der Waals surface area contributed by atoms with E-state index in [1.165, 1.54) is 0 Å². The van der Waals surface area contributed by atoms with Crippen LogP contribution in [0.5, 0.6) is 0 Å². The van der Waals surface area contributed by atoms with Crippen molar-refractivity contribution in [2.24, 2.45) is 0 Å². The van der Waals surface area contributed by atoms with E-state index in [-0.39, 0.29) is 11.3 Å². The Morgan fingerprint density at radius 2 is 1.97 bits per heavy atom. The number of benzene rings is 1. The summed E-state index contributed by atoms with van der Waals surface area (Å²) in [7, 11) is 0. The van der Waals surface area contributed by atoms with Crippen LogP contribution in [0.4, 0.5) is 0 Å². The Balaban J connectivity index is 1.61. The van der Waals surface area contributed by atoms with Crippen LogP contribution in [0.25, 0.3) is 11.4 Å². The van der Waals surface area contributed by atoms with Crippen LogP contribution in [0.2, 0.25) is 0 Å². The van der Waals surface area contributed by atoms with Crippen molar-refractivity contribution in [1.82, 2.24) is 23.8 Å². The van der Waals surface area contributed by atoms with E-state index in [1.54, 1.807) is 34.9 Å². The summed E-state index contributed by atoms with van der Waals surface area (Å²) in [5.41, 5.74) is 2.44. The fourth-order valence-electron chi connectivity index (χ4n) is 4.50. The van der Waals surface area contributed by atoms with E-state index in [9.17, 15) is 14.7 Å². The maximum atomic E-state index is 13.3. The van der Waals surface area contributed by atoms with Crippen LogP contribution in [-0.4, -0.2) is 47.2 Å². The number of Topliss-reactive ketones (excluding diaryl/α,β-unsaturated/α-hetero) is 1. The van der Waals surface area contributed by atoms with E-state index in [0.717, 1.165) is 10.0 Å². The maximum absolute atomic E-state index is 13.3. The maximum Gasteiger partial charge on any atom is 0.295 e. The molecule has 1 fully saturated rings. The molecule has 1 aliphatic rings. The van der Waals surface area contributed by atoms with Crippen molar-refractivity contribution in [2.75, 3.05) is 6.54 Å². The zero-order chi connectivity index (χ0) is 23.8. The van der Waals surface area contributed by atoms with Gasteiger partial charge in [0.15, 0.2) is 5.76 Å². The average molecular weight is 520 g/mol. The minimum absolute atomic E-state index is 0.0690. The lowest BCUT2D eigenvalue weighted by atomic mass is 9.96. The van der Waals surface area contributed by atoms with E-state index in [4.69, 9.17) is 0 Å². The second kappa shape index (κ2) is 8.90. The Morgan fingerprint density at radius 3 is 2.74 bits per heavy atom. The first kappa shape index (κ1) is 22.1. The van der Waals surface area contributed by atoms with Crippen LogP contribution in [0.1, 0.15) is 29.4 Å². The third-order valence-corrected chi connectivity index (χ3v) is 6.50. The number of pyridine rings is 1. The summed E-state index contributed by atoms with van der Waals surface area (Å²) in [6.07, 6.45) is 7.68. The highest BCUT2D eigenvalue weighted by Gasteiger charge is 2.46. The second-order valence-corrected chi connectivity index (χ2v) is 9.09. The number of ketones is 1. The minimum Gasteiger partial charge on any atom is -0.505 e. The molecule has 34 heavy (non-hydrogen) atoms. The molecule has 5 rings (SSSR count). The summed E-state index contributed by atoms with van der Waals surface area (Å²) < 4.78 is 4.47. The Hall–Kier alpha value is -3.72. The van der Waals surface area contributed by atoms with Crippen molar-refractivity contribution in [1.29, 1.82) is 0 Å². The van der Waals surface area contributed by atoms with Gasteiger partial charge in [-0.15, -0.1) is 0 Å². The number of carbonyl (C=O) groups excluding carboxylic acids is 2. The van der Waals surface area contributed by atoms with Crippen LogP contribution >= 0.6 is 15.9 Å². The van der Waals surface area contributed by atoms with Gasteiger partial charge in [0.05, 0.1) is 23.6 Å². The topological polar surface area (TPSA) is 92.7 Å². The van der Waals surface area contributed by atoms with Gasteiger partial charge in [0, 0.05) is 36.2 Å². The zero-order valence-electron chi connectivity index (χ0n) is 18.4. The first-order valence-corrected chi connectivity index (χ1v) is 11.7. The lowest BCUT2D eigenvalue weighted by Gasteiger charge is -2.25. The lowest BCUT2D eigenvalue weighted by molar-refractivity contribution is -0.139. The molecule has 1 amide bonds. The molecule has 172 valence electrons. The van der Waals surface area contributed by atoms with Crippen molar-refractivity contribution in [2.45, 2.75) is 25.9 Å². The number of fused-ring (bicyclic) bond motifs is 1. The van der Waals surface area contributed by atoms with Crippen molar-refractivity contribution < 1.29 is 14.7 Å². The molecule has 4 heterocycles. The summed E-state index contributed by atoms with van der Waals surface area (Å²) in [4.78, 5) is 36.6. The smallest absolute Gasteiger partial charge is 0.295 e. The molecule has 4 aromatic rings. The van der Waals surface area contributed by atoms with Gasteiger partial charge < -0.3 is 14.6 Å². The molecule has 1 unspecified atom stereocenters. The van der Waals surface area contributed by atoms with Crippen molar-refractivity contribution in [3.8, 4) is 0 Å². The number of nitrogens with zero attached hydrogens (tertiary/aromatic N) is 5. The van der Waals surface area contributed by atoms with Crippen LogP contribution in [0.15, 0.2) is 77.4 Å². The van der Waals surface area contributed by atoms with E-state index in [1.807, 2.05) is 53.2 Å². The number of hydrogen-bond donors (Lipinski definition) is 1. The van der Waals surface area contributed by atoms with Crippen LogP contribution in [-0.2, 0) is 16.1 Å². The molecule has 1 aromatic carbocycles. The van der Waals surface area contributed by atoms with Gasteiger partial charge in [-0.2, -0.15) is 0 Å². The van der Waals surface area contributed by atoms with E-state index in [2.05, 4.69) is 25.9 Å². The number of rotatable bonds is 6. The molecular weight excluding hydrogens is 498 g/mol. The van der Waals surface area contributed by atoms with Crippen molar-refractivity contribution >= 4 is 39.0 Å². The van der Waals surface area contributed by atoms with Gasteiger partial charge in [-0.05, 0) is 43.2 Å². The van der Waals surface area contributed by atoms with Gasteiger partial charge in [0.1, 0.15) is 11.3 Å². The van der Waals surface area contributed by atoms with Crippen molar-refractivity contribution in [3.63, 3.8) is 0 Å². The zero-order valence-corrected chi connectivity index (χ0v) is 20.0. The summed E-state index contributed by atoms with van der Waals surface area (Å²) in [5.74, 6) is -1.55. The number of imidazole rings is 2. The van der Waals surface area contributed by atoms with Crippen molar-refractivity contribution in [3.05, 3.63) is 94.4 Å². The molecule has 1 saturated heterocycles. The normalized spacial score (nSPS) is 17.7. The van der Waals surface area contributed by atoms with E-state index < -0.39 is 17.7 Å². The molecule has 3 aromatic heterocycles. The van der Waals surface area contributed by atoms with E-state index >= 15 is 0 Å². The third kappa shape index (κ3) is 3.81. The minimum atomic E-state index is -0.714. The van der Waals surface area contributed by atoms with Gasteiger partial charge in [-0.25, -0.2) is 9.97 Å². The quantitative estimate of drug-likeness (QED) is 0.235. The number of aryl methyl sites for hydroxylation is 2. The number of aliphatic hydroxyl groups excluding tert-OH is 1. The average Bonchev–Trinajstić information content (AvgIpc) is 3.51. The highest BCUT2D eigenvalue weighted by atomic mass is 79.9.